The van der Waals surface area contributed by atoms with Crippen molar-refractivity contribution in [3.8, 4) is 0 Å². The highest BCUT2D eigenvalue weighted by Gasteiger charge is 2.48. The third-order valence-electron chi connectivity index (χ3n) is 5.18. The van der Waals surface area contributed by atoms with E-state index in [2.05, 4.69) is 45.5 Å². The maximum Gasteiger partial charge on any atom is 0.216 e. The van der Waals surface area contributed by atoms with E-state index in [9.17, 15) is 9.90 Å². The lowest BCUT2D eigenvalue weighted by atomic mass is 9.74. The van der Waals surface area contributed by atoms with E-state index in [0.717, 1.165) is 11.3 Å². The minimum atomic E-state index is -0.0394. The Hall–Kier alpha value is -2.50. The van der Waals surface area contributed by atoms with Gasteiger partial charge in [0.1, 0.15) is 0 Å². The summed E-state index contributed by atoms with van der Waals surface area (Å²) in [4.78, 5) is 18.1. The lowest BCUT2D eigenvalue weighted by Gasteiger charge is -2.55. The quantitative estimate of drug-likeness (QED) is 0.792. The van der Waals surface area contributed by atoms with Crippen LogP contribution in [0.15, 0.2) is 54.7 Å². The highest BCUT2D eigenvalue weighted by atomic mass is 16.3. The number of nitrogens with zero attached hydrogens (tertiary/aromatic N) is 2. The third-order valence-corrected chi connectivity index (χ3v) is 5.18. The highest BCUT2D eigenvalue weighted by molar-refractivity contribution is 5.72. The van der Waals surface area contributed by atoms with Crippen LogP contribution in [0, 0.1) is 0 Å². The van der Waals surface area contributed by atoms with Gasteiger partial charge in [-0.3, -0.25) is 14.7 Å². The Morgan fingerprint density at radius 2 is 2.00 bits per heavy atom. The van der Waals surface area contributed by atoms with Gasteiger partial charge in [0.2, 0.25) is 5.91 Å². The number of benzene rings is 1. The summed E-state index contributed by atoms with van der Waals surface area (Å²) in [5.41, 5.74) is 3.31. The average molecular weight is 365 g/mol. The summed E-state index contributed by atoms with van der Waals surface area (Å²) in [6.45, 7) is 4.82. The summed E-state index contributed by atoms with van der Waals surface area (Å²) in [5, 5.41) is 13.0. The summed E-state index contributed by atoms with van der Waals surface area (Å²) in [7, 11) is 0. The molecular formula is C22H27N3O2. The first-order chi connectivity index (χ1) is 13.1. The van der Waals surface area contributed by atoms with Crippen LogP contribution in [-0.2, 0) is 11.3 Å². The SMILES string of the molecule is C/C=C/c1ccc([C@H]2[C@@H](CO)N(Cc3ccccn3)[C@H]2CNC(C)=O)cc1. The number of aromatic nitrogens is 1. The van der Waals surface area contributed by atoms with Crippen LogP contribution < -0.4 is 5.32 Å². The number of carbonyl (C=O) groups excluding carboxylic acids is 1. The second-order valence-electron chi connectivity index (χ2n) is 6.94. The molecule has 1 aromatic heterocycles. The van der Waals surface area contributed by atoms with E-state index in [4.69, 9.17) is 0 Å². The van der Waals surface area contributed by atoms with Crippen LogP contribution in [0.2, 0.25) is 0 Å². The molecule has 0 bridgehead atoms. The van der Waals surface area contributed by atoms with Gasteiger partial charge in [0.05, 0.1) is 12.3 Å². The van der Waals surface area contributed by atoms with Gasteiger partial charge >= 0.3 is 0 Å². The van der Waals surface area contributed by atoms with Gasteiger partial charge in [-0.2, -0.15) is 0 Å². The molecular weight excluding hydrogens is 338 g/mol. The Bertz CT molecular complexity index is 774. The fourth-order valence-corrected chi connectivity index (χ4v) is 3.90. The molecule has 0 unspecified atom stereocenters. The van der Waals surface area contributed by atoms with E-state index in [-0.39, 0.29) is 30.5 Å². The van der Waals surface area contributed by atoms with Crippen LogP contribution in [0.4, 0.5) is 0 Å². The van der Waals surface area contributed by atoms with Crippen molar-refractivity contribution in [3.05, 3.63) is 71.6 Å². The first-order valence-electron chi connectivity index (χ1n) is 9.37. The van der Waals surface area contributed by atoms with E-state index in [1.165, 1.54) is 12.5 Å². The van der Waals surface area contributed by atoms with Gasteiger partial charge in [0, 0.05) is 44.2 Å². The van der Waals surface area contributed by atoms with Crippen LogP contribution in [-0.4, -0.2) is 46.1 Å². The molecule has 2 heterocycles. The largest absolute Gasteiger partial charge is 0.395 e. The number of carbonyl (C=O) groups is 1. The molecule has 1 aromatic carbocycles. The van der Waals surface area contributed by atoms with Crippen molar-refractivity contribution < 1.29 is 9.90 Å². The summed E-state index contributed by atoms with van der Waals surface area (Å²) >= 11 is 0. The number of pyridine rings is 1. The van der Waals surface area contributed by atoms with E-state index in [1.54, 1.807) is 6.20 Å². The fourth-order valence-electron chi connectivity index (χ4n) is 3.90. The molecule has 0 aliphatic carbocycles. The van der Waals surface area contributed by atoms with Crippen molar-refractivity contribution >= 4 is 12.0 Å². The molecule has 1 saturated heterocycles. The molecule has 1 aliphatic heterocycles. The average Bonchev–Trinajstić information content (AvgIpc) is 2.67. The summed E-state index contributed by atoms with van der Waals surface area (Å²) < 4.78 is 0. The number of amides is 1. The predicted octanol–water partition coefficient (Wildman–Crippen LogP) is 2.58. The molecule has 0 saturated carbocycles. The highest BCUT2D eigenvalue weighted by Crippen LogP contribution is 2.41. The van der Waals surface area contributed by atoms with E-state index >= 15 is 0 Å². The van der Waals surface area contributed by atoms with Gasteiger partial charge in [-0.25, -0.2) is 0 Å². The van der Waals surface area contributed by atoms with Crippen molar-refractivity contribution in [1.29, 1.82) is 0 Å². The van der Waals surface area contributed by atoms with Crippen LogP contribution in [0.5, 0.6) is 0 Å². The van der Waals surface area contributed by atoms with E-state index in [0.29, 0.717) is 13.1 Å². The Morgan fingerprint density at radius 1 is 1.22 bits per heavy atom. The molecule has 0 radical (unpaired) electrons. The Morgan fingerprint density at radius 3 is 2.59 bits per heavy atom. The lowest BCUT2D eigenvalue weighted by molar-refractivity contribution is -0.120. The van der Waals surface area contributed by atoms with Crippen LogP contribution in [0.1, 0.15) is 36.6 Å². The molecule has 27 heavy (non-hydrogen) atoms. The number of allylic oxidation sites excluding steroid dienone is 1. The molecule has 3 atom stereocenters. The molecule has 3 rings (SSSR count). The molecule has 2 N–H and O–H groups in total. The number of likely N-dealkylation sites (tertiary alicyclic amines) is 1. The van der Waals surface area contributed by atoms with Crippen LogP contribution >= 0.6 is 0 Å². The number of aliphatic hydroxyl groups excluding tert-OH is 1. The predicted molar refractivity (Wildman–Crippen MR) is 107 cm³/mol. The standard InChI is InChI=1S/C22H27N3O2/c1-3-6-17-8-10-18(11-9-17)22-20(13-24-16(2)27)25(21(22)15-26)14-19-7-4-5-12-23-19/h3-12,20-22,26H,13-15H2,1-2H3,(H,24,27)/b6-3+/t20-,21+,22+/m0/s1. The van der Waals surface area contributed by atoms with Crippen molar-refractivity contribution in [2.24, 2.45) is 0 Å². The van der Waals surface area contributed by atoms with Gasteiger partial charge < -0.3 is 10.4 Å². The van der Waals surface area contributed by atoms with Gasteiger partial charge in [-0.15, -0.1) is 0 Å². The smallest absolute Gasteiger partial charge is 0.216 e. The first-order valence-corrected chi connectivity index (χ1v) is 9.37. The number of aliphatic hydroxyl groups is 1. The molecule has 142 valence electrons. The zero-order chi connectivity index (χ0) is 19.2. The Kier molecular flexibility index (Phi) is 6.37. The van der Waals surface area contributed by atoms with Crippen molar-refractivity contribution in [1.82, 2.24) is 15.2 Å². The van der Waals surface area contributed by atoms with Crippen molar-refractivity contribution in [3.63, 3.8) is 0 Å². The molecule has 1 aliphatic rings. The maximum absolute atomic E-state index is 11.5. The monoisotopic (exact) mass is 365 g/mol. The molecule has 5 nitrogen and oxygen atoms in total. The summed E-state index contributed by atoms with van der Waals surface area (Å²) in [5.74, 6) is 0.132. The maximum atomic E-state index is 11.5. The first kappa shape index (κ1) is 19.3. The topological polar surface area (TPSA) is 65.5 Å². The number of hydrogen-bond acceptors (Lipinski definition) is 4. The number of hydrogen-bond donors (Lipinski definition) is 2. The van der Waals surface area contributed by atoms with Crippen LogP contribution in [0.3, 0.4) is 0 Å². The zero-order valence-corrected chi connectivity index (χ0v) is 15.9. The van der Waals surface area contributed by atoms with E-state index < -0.39 is 0 Å². The Balaban J connectivity index is 1.82. The second kappa shape index (κ2) is 8.93. The van der Waals surface area contributed by atoms with Gasteiger partial charge in [-0.1, -0.05) is 42.5 Å². The zero-order valence-electron chi connectivity index (χ0n) is 15.9. The molecule has 5 heteroatoms. The minimum absolute atomic E-state index is 0.0123. The second-order valence-corrected chi connectivity index (χ2v) is 6.94. The third kappa shape index (κ3) is 4.43. The van der Waals surface area contributed by atoms with Gasteiger partial charge in [0.15, 0.2) is 0 Å². The number of nitrogens with one attached hydrogen (secondary N) is 1. The summed E-state index contributed by atoms with van der Waals surface area (Å²) in [6, 6.07) is 14.4. The minimum Gasteiger partial charge on any atom is -0.395 e. The van der Waals surface area contributed by atoms with Gasteiger partial charge in [-0.05, 0) is 30.2 Å². The molecule has 1 amide bonds. The lowest BCUT2D eigenvalue weighted by Crippen LogP contribution is -2.66. The Labute approximate surface area is 160 Å². The molecule has 1 fully saturated rings. The molecule has 0 spiro atoms. The molecule has 2 aromatic rings. The number of rotatable bonds is 7. The summed E-state index contributed by atoms with van der Waals surface area (Å²) in [6.07, 6.45) is 5.86. The van der Waals surface area contributed by atoms with Crippen LogP contribution in [0.25, 0.3) is 6.08 Å². The fraction of sp³-hybridized carbons (Fsp3) is 0.364. The van der Waals surface area contributed by atoms with E-state index in [1.807, 2.05) is 31.2 Å². The van der Waals surface area contributed by atoms with Gasteiger partial charge in [0.25, 0.3) is 0 Å². The van der Waals surface area contributed by atoms with Crippen molar-refractivity contribution in [2.75, 3.05) is 13.2 Å². The van der Waals surface area contributed by atoms with Crippen molar-refractivity contribution in [2.45, 2.75) is 38.4 Å². The normalized spacial score (nSPS) is 22.6.